The van der Waals surface area contributed by atoms with Crippen molar-refractivity contribution >= 4 is 11.9 Å². The van der Waals surface area contributed by atoms with E-state index in [4.69, 9.17) is 4.74 Å². The Hall–Kier alpha value is -1.90. The van der Waals surface area contributed by atoms with Gasteiger partial charge in [-0.2, -0.15) is 0 Å². The molecule has 0 aromatic carbocycles. The largest absolute Gasteiger partial charge is 0.393 e. The molecule has 0 heterocycles. The minimum atomic E-state index is -0.525. The zero-order valence-corrected chi connectivity index (χ0v) is 11.3. The Kier molecular flexibility index (Phi) is 9.06. The second-order valence-corrected chi connectivity index (χ2v) is 4.23. The molecule has 0 spiro atoms. The van der Waals surface area contributed by atoms with Crippen LogP contribution in [0, 0.1) is 11.8 Å². The van der Waals surface area contributed by atoms with Gasteiger partial charge in [-0.15, -0.1) is 26.3 Å². The molecule has 0 radical (unpaired) electrons. The second kappa shape index (κ2) is 10.1. The summed E-state index contributed by atoms with van der Waals surface area (Å²) in [5.41, 5.74) is 0. The van der Waals surface area contributed by atoms with Crippen LogP contribution in [0.1, 0.15) is 25.7 Å². The van der Waals surface area contributed by atoms with E-state index in [0.717, 1.165) is 0 Å². The van der Waals surface area contributed by atoms with Gasteiger partial charge >= 0.3 is 11.9 Å². The van der Waals surface area contributed by atoms with E-state index >= 15 is 0 Å². The maximum Gasteiger partial charge on any atom is 0.317 e. The van der Waals surface area contributed by atoms with Crippen LogP contribution < -0.4 is 0 Å². The first kappa shape index (κ1) is 17.1. The molecule has 0 atom stereocenters. The molecular weight excluding hydrogens is 240 g/mol. The number of esters is 2. The number of hydrogen-bond donors (Lipinski definition) is 0. The van der Waals surface area contributed by atoms with Gasteiger partial charge in [-0.25, -0.2) is 0 Å². The van der Waals surface area contributed by atoms with Gasteiger partial charge in [0.1, 0.15) is 0 Å². The van der Waals surface area contributed by atoms with E-state index in [1.165, 1.54) is 0 Å². The predicted molar refractivity (Wildman–Crippen MR) is 77.3 cm³/mol. The molecule has 0 aliphatic heterocycles. The zero-order valence-electron chi connectivity index (χ0n) is 11.3. The van der Waals surface area contributed by atoms with Gasteiger partial charge in [0.25, 0.3) is 0 Å². The molecule has 0 saturated carbocycles. The molecule has 0 N–H and O–H groups in total. The first-order valence-electron chi connectivity index (χ1n) is 6.29. The summed E-state index contributed by atoms with van der Waals surface area (Å²) in [5.74, 6) is -1.84. The highest BCUT2D eigenvalue weighted by Crippen LogP contribution is 2.16. The number of carbonyl (C=O) groups excluding carboxylic acids is 2. The van der Waals surface area contributed by atoms with Gasteiger partial charge in [-0.1, -0.05) is 24.3 Å². The molecule has 19 heavy (non-hydrogen) atoms. The topological polar surface area (TPSA) is 43.4 Å². The average molecular weight is 262 g/mol. The van der Waals surface area contributed by atoms with Crippen LogP contribution in [0.2, 0.25) is 0 Å². The third kappa shape index (κ3) is 6.55. The summed E-state index contributed by atoms with van der Waals surface area (Å²) < 4.78 is 4.92. The van der Waals surface area contributed by atoms with Crippen molar-refractivity contribution in [1.82, 2.24) is 0 Å². The van der Waals surface area contributed by atoms with Crippen LogP contribution in [0.5, 0.6) is 0 Å². The Balaban J connectivity index is 4.60. The third-order valence-corrected chi connectivity index (χ3v) is 2.67. The van der Waals surface area contributed by atoms with Crippen molar-refractivity contribution in [2.45, 2.75) is 25.7 Å². The fourth-order valence-electron chi connectivity index (χ4n) is 1.65. The minimum Gasteiger partial charge on any atom is -0.393 e. The summed E-state index contributed by atoms with van der Waals surface area (Å²) in [6.07, 6.45) is 8.38. The van der Waals surface area contributed by atoms with E-state index in [1.54, 1.807) is 24.3 Å². The third-order valence-electron chi connectivity index (χ3n) is 2.67. The Bertz CT molecular complexity index is 301. The summed E-state index contributed by atoms with van der Waals surface area (Å²) >= 11 is 0. The lowest BCUT2D eigenvalue weighted by Crippen LogP contribution is -2.25. The quantitative estimate of drug-likeness (QED) is 0.343. The highest BCUT2D eigenvalue weighted by atomic mass is 16.6. The summed E-state index contributed by atoms with van der Waals surface area (Å²) in [5, 5.41) is 0. The van der Waals surface area contributed by atoms with E-state index in [9.17, 15) is 9.59 Å². The maximum atomic E-state index is 11.9. The summed E-state index contributed by atoms with van der Waals surface area (Å²) in [6, 6.07) is 0. The Morgan fingerprint density at radius 2 is 1.00 bits per heavy atom. The Labute approximate surface area is 115 Å². The molecule has 0 fully saturated rings. The molecule has 0 aromatic heterocycles. The van der Waals surface area contributed by atoms with Gasteiger partial charge < -0.3 is 4.74 Å². The SMILES string of the molecule is C=CCC(CC=C)C(=O)OC(=O)C(CC=C)CC=C. The molecule has 0 rings (SSSR count). The first-order chi connectivity index (χ1) is 9.10. The minimum absolute atomic E-state index is 0.396. The van der Waals surface area contributed by atoms with Crippen LogP contribution >= 0.6 is 0 Å². The Morgan fingerprint density at radius 1 is 0.737 bits per heavy atom. The Morgan fingerprint density at radius 3 is 1.21 bits per heavy atom. The lowest BCUT2D eigenvalue weighted by Gasteiger charge is -2.15. The van der Waals surface area contributed by atoms with E-state index in [-0.39, 0.29) is 0 Å². The number of carbonyl (C=O) groups is 2. The molecule has 0 saturated heterocycles. The van der Waals surface area contributed by atoms with E-state index < -0.39 is 23.8 Å². The van der Waals surface area contributed by atoms with Gasteiger partial charge in [0.15, 0.2) is 0 Å². The van der Waals surface area contributed by atoms with Gasteiger partial charge in [-0.3, -0.25) is 9.59 Å². The normalized spacial score (nSPS) is 10.0. The summed E-state index contributed by atoms with van der Waals surface area (Å²) in [4.78, 5) is 23.7. The molecule has 0 aliphatic carbocycles. The molecule has 0 aliphatic rings. The van der Waals surface area contributed by atoms with Crippen LogP contribution in [0.25, 0.3) is 0 Å². The molecule has 0 aromatic rings. The van der Waals surface area contributed by atoms with Crippen molar-refractivity contribution in [3.05, 3.63) is 50.6 Å². The number of rotatable bonds is 10. The zero-order chi connectivity index (χ0) is 14.7. The summed E-state index contributed by atoms with van der Waals surface area (Å²) in [6.45, 7) is 14.3. The molecule has 104 valence electrons. The fourth-order valence-corrected chi connectivity index (χ4v) is 1.65. The monoisotopic (exact) mass is 262 g/mol. The van der Waals surface area contributed by atoms with Crippen molar-refractivity contribution in [2.75, 3.05) is 0 Å². The summed E-state index contributed by atoms with van der Waals surface area (Å²) in [7, 11) is 0. The van der Waals surface area contributed by atoms with Crippen LogP contribution in [0.15, 0.2) is 50.6 Å². The van der Waals surface area contributed by atoms with E-state index in [2.05, 4.69) is 26.3 Å². The lowest BCUT2D eigenvalue weighted by atomic mass is 10.0. The molecule has 3 heteroatoms. The molecule has 3 nitrogen and oxygen atoms in total. The van der Waals surface area contributed by atoms with Gasteiger partial charge in [-0.05, 0) is 25.7 Å². The second-order valence-electron chi connectivity index (χ2n) is 4.23. The van der Waals surface area contributed by atoms with Gasteiger partial charge in [0, 0.05) is 0 Å². The molecular formula is C16H22O3. The smallest absolute Gasteiger partial charge is 0.317 e. The standard InChI is InChI=1S/C16H22O3/c1-5-9-13(10-6-2)15(17)19-16(18)14(11-7-3)12-8-4/h5-8,13-14H,1-4,9-12H2. The van der Waals surface area contributed by atoms with Crippen molar-refractivity contribution in [1.29, 1.82) is 0 Å². The molecule has 0 unspecified atom stereocenters. The van der Waals surface area contributed by atoms with Gasteiger partial charge in [0.2, 0.25) is 0 Å². The van der Waals surface area contributed by atoms with E-state index in [1.807, 2.05) is 0 Å². The lowest BCUT2D eigenvalue weighted by molar-refractivity contribution is -0.165. The van der Waals surface area contributed by atoms with Gasteiger partial charge in [0.05, 0.1) is 11.8 Å². The van der Waals surface area contributed by atoms with Crippen LogP contribution in [0.4, 0.5) is 0 Å². The molecule has 0 bridgehead atoms. The number of hydrogen-bond acceptors (Lipinski definition) is 3. The predicted octanol–water partition coefficient (Wildman–Crippen LogP) is 3.59. The number of allylic oxidation sites excluding steroid dienone is 4. The van der Waals surface area contributed by atoms with Crippen molar-refractivity contribution in [3.63, 3.8) is 0 Å². The fraction of sp³-hybridized carbons (Fsp3) is 0.375. The molecule has 0 amide bonds. The average Bonchev–Trinajstić information content (AvgIpc) is 2.38. The van der Waals surface area contributed by atoms with Crippen LogP contribution in [0.3, 0.4) is 0 Å². The van der Waals surface area contributed by atoms with Crippen molar-refractivity contribution < 1.29 is 14.3 Å². The highest BCUT2D eigenvalue weighted by molar-refractivity contribution is 5.88. The van der Waals surface area contributed by atoms with Crippen LogP contribution in [-0.4, -0.2) is 11.9 Å². The number of ether oxygens (including phenoxy) is 1. The maximum absolute atomic E-state index is 11.9. The van der Waals surface area contributed by atoms with Crippen LogP contribution in [-0.2, 0) is 14.3 Å². The van der Waals surface area contributed by atoms with Crippen molar-refractivity contribution in [3.8, 4) is 0 Å². The van der Waals surface area contributed by atoms with Crippen molar-refractivity contribution in [2.24, 2.45) is 11.8 Å². The first-order valence-corrected chi connectivity index (χ1v) is 6.29. The van der Waals surface area contributed by atoms with E-state index in [0.29, 0.717) is 25.7 Å². The highest BCUT2D eigenvalue weighted by Gasteiger charge is 2.24.